The van der Waals surface area contributed by atoms with Crippen LogP contribution in [0.25, 0.3) is 11.0 Å². The molecule has 1 aromatic carbocycles. The van der Waals surface area contributed by atoms with Gasteiger partial charge in [0, 0.05) is 7.05 Å². The molecule has 0 aliphatic rings. The molecule has 0 bridgehead atoms. The summed E-state index contributed by atoms with van der Waals surface area (Å²) in [5.74, 6) is -0.485. The molecule has 0 saturated carbocycles. The molecule has 0 spiro atoms. The molecule has 2 rings (SSSR count). The number of benzene rings is 1. The van der Waals surface area contributed by atoms with Crippen LogP contribution in [-0.4, -0.2) is 21.5 Å². The zero-order chi connectivity index (χ0) is 11.7. The highest BCUT2D eigenvalue weighted by Crippen LogP contribution is 2.14. The second-order valence-electron chi connectivity index (χ2n) is 3.89. The number of fused-ring (bicyclic) bond motifs is 1. The van der Waals surface area contributed by atoms with E-state index in [-0.39, 0.29) is 0 Å². The molecule has 1 aromatic heterocycles. The maximum Gasteiger partial charge on any atom is 0.234 e. The number of hydrogen-bond donors (Lipinski definition) is 2. The molecule has 84 valence electrons. The molecule has 5 nitrogen and oxygen atoms in total. The van der Waals surface area contributed by atoms with Gasteiger partial charge >= 0.3 is 0 Å². The van der Waals surface area contributed by atoms with Crippen LogP contribution in [0.3, 0.4) is 0 Å². The van der Waals surface area contributed by atoms with Crippen LogP contribution in [0.2, 0.25) is 0 Å². The van der Waals surface area contributed by atoms with Gasteiger partial charge in [-0.3, -0.25) is 4.79 Å². The van der Waals surface area contributed by atoms with Gasteiger partial charge in [-0.05, 0) is 24.1 Å². The van der Waals surface area contributed by atoms with Crippen molar-refractivity contribution in [2.24, 2.45) is 18.5 Å². The number of primary amides is 1. The van der Waals surface area contributed by atoms with Gasteiger partial charge in [0.05, 0.1) is 23.4 Å². The van der Waals surface area contributed by atoms with E-state index >= 15 is 0 Å². The third-order valence-electron chi connectivity index (χ3n) is 2.61. The maximum atomic E-state index is 10.8. The molecule has 5 heteroatoms. The summed E-state index contributed by atoms with van der Waals surface area (Å²) in [6.45, 7) is 0. The molecule has 2 aromatic rings. The van der Waals surface area contributed by atoms with E-state index in [1.807, 2.05) is 29.8 Å². The fourth-order valence-corrected chi connectivity index (χ4v) is 1.66. The SMILES string of the molecule is Cn1cnc2cc(CC(N)C(N)=O)ccc21. The Labute approximate surface area is 93.1 Å². The van der Waals surface area contributed by atoms with Gasteiger partial charge in [0.25, 0.3) is 0 Å². The number of carbonyl (C=O) groups is 1. The van der Waals surface area contributed by atoms with Crippen LogP contribution in [0.15, 0.2) is 24.5 Å². The quantitative estimate of drug-likeness (QED) is 0.756. The molecule has 0 fully saturated rings. The first-order valence-electron chi connectivity index (χ1n) is 5.03. The smallest absolute Gasteiger partial charge is 0.234 e. The Kier molecular flexibility index (Phi) is 2.62. The van der Waals surface area contributed by atoms with Gasteiger partial charge < -0.3 is 16.0 Å². The number of hydrogen-bond acceptors (Lipinski definition) is 3. The Morgan fingerprint density at radius 3 is 3.00 bits per heavy atom. The monoisotopic (exact) mass is 218 g/mol. The molecular weight excluding hydrogens is 204 g/mol. The average molecular weight is 218 g/mol. The van der Waals surface area contributed by atoms with Crippen LogP contribution in [-0.2, 0) is 18.3 Å². The van der Waals surface area contributed by atoms with Crippen LogP contribution < -0.4 is 11.5 Å². The van der Waals surface area contributed by atoms with Crippen molar-refractivity contribution in [1.29, 1.82) is 0 Å². The summed E-state index contributed by atoms with van der Waals surface area (Å²) in [6.07, 6.45) is 2.20. The van der Waals surface area contributed by atoms with Crippen molar-refractivity contribution < 1.29 is 4.79 Å². The summed E-state index contributed by atoms with van der Waals surface area (Å²) in [5, 5.41) is 0. The van der Waals surface area contributed by atoms with Crippen molar-refractivity contribution in [3.63, 3.8) is 0 Å². The maximum absolute atomic E-state index is 10.8. The van der Waals surface area contributed by atoms with E-state index in [1.165, 1.54) is 0 Å². The zero-order valence-corrected chi connectivity index (χ0v) is 9.05. The number of rotatable bonds is 3. The van der Waals surface area contributed by atoms with E-state index < -0.39 is 11.9 Å². The van der Waals surface area contributed by atoms with Gasteiger partial charge in [-0.15, -0.1) is 0 Å². The Morgan fingerprint density at radius 2 is 2.31 bits per heavy atom. The van der Waals surface area contributed by atoms with E-state index in [1.54, 1.807) is 6.33 Å². The summed E-state index contributed by atoms with van der Waals surface area (Å²) in [7, 11) is 1.93. The van der Waals surface area contributed by atoms with Gasteiger partial charge in [0.2, 0.25) is 5.91 Å². The largest absolute Gasteiger partial charge is 0.368 e. The van der Waals surface area contributed by atoms with E-state index in [4.69, 9.17) is 11.5 Å². The highest BCUT2D eigenvalue weighted by molar-refractivity contribution is 5.80. The summed E-state index contributed by atoms with van der Waals surface area (Å²) in [6, 6.07) is 5.19. The lowest BCUT2D eigenvalue weighted by Crippen LogP contribution is -2.38. The molecule has 0 aliphatic carbocycles. The average Bonchev–Trinajstić information content (AvgIpc) is 2.60. The summed E-state index contributed by atoms with van der Waals surface area (Å²) < 4.78 is 1.94. The van der Waals surface area contributed by atoms with Crippen LogP contribution >= 0.6 is 0 Å². The second-order valence-corrected chi connectivity index (χ2v) is 3.89. The minimum Gasteiger partial charge on any atom is -0.368 e. The molecule has 1 heterocycles. The fraction of sp³-hybridized carbons (Fsp3) is 0.273. The molecule has 16 heavy (non-hydrogen) atoms. The number of aryl methyl sites for hydroxylation is 1. The normalized spacial score (nSPS) is 12.9. The lowest BCUT2D eigenvalue weighted by Gasteiger charge is -2.07. The third kappa shape index (κ3) is 1.90. The highest BCUT2D eigenvalue weighted by Gasteiger charge is 2.10. The van der Waals surface area contributed by atoms with Crippen LogP contribution in [0.4, 0.5) is 0 Å². The Hall–Kier alpha value is -1.88. The third-order valence-corrected chi connectivity index (χ3v) is 2.61. The molecule has 0 aliphatic heterocycles. The van der Waals surface area contributed by atoms with Gasteiger partial charge in [0.15, 0.2) is 0 Å². The Balaban J connectivity index is 2.29. The van der Waals surface area contributed by atoms with Crippen LogP contribution in [0.1, 0.15) is 5.56 Å². The number of aromatic nitrogens is 2. The van der Waals surface area contributed by atoms with Crippen molar-refractivity contribution >= 4 is 16.9 Å². The number of nitrogens with zero attached hydrogens (tertiary/aromatic N) is 2. The van der Waals surface area contributed by atoms with Crippen molar-refractivity contribution in [2.45, 2.75) is 12.5 Å². The zero-order valence-electron chi connectivity index (χ0n) is 9.05. The Morgan fingerprint density at radius 1 is 1.56 bits per heavy atom. The lowest BCUT2D eigenvalue weighted by molar-refractivity contribution is -0.119. The molecule has 0 radical (unpaired) electrons. The standard InChI is InChI=1S/C11H14N4O/c1-15-6-14-9-5-7(2-3-10(9)15)4-8(12)11(13)16/h2-3,5-6,8H,4,12H2,1H3,(H2,13,16). The van der Waals surface area contributed by atoms with Crippen LogP contribution in [0, 0.1) is 0 Å². The number of carbonyl (C=O) groups excluding carboxylic acids is 1. The van der Waals surface area contributed by atoms with Crippen LogP contribution in [0.5, 0.6) is 0 Å². The summed E-state index contributed by atoms with van der Waals surface area (Å²) in [5.41, 5.74) is 13.6. The molecule has 0 saturated heterocycles. The van der Waals surface area contributed by atoms with Gasteiger partial charge in [0.1, 0.15) is 0 Å². The van der Waals surface area contributed by atoms with Gasteiger partial charge in [-0.2, -0.15) is 0 Å². The minimum absolute atomic E-state index is 0.446. The molecule has 1 unspecified atom stereocenters. The van der Waals surface area contributed by atoms with Crippen molar-refractivity contribution in [1.82, 2.24) is 9.55 Å². The van der Waals surface area contributed by atoms with Gasteiger partial charge in [-0.1, -0.05) is 6.07 Å². The molecule has 1 amide bonds. The predicted octanol–water partition coefficient (Wildman–Crippen LogP) is -0.0716. The van der Waals surface area contributed by atoms with Crippen molar-refractivity contribution in [3.8, 4) is 0 Å². The molecular formula is C11H14N4O. The first-order chi connectivity index (χ1) is 7.58. The van der Waals surface area contributed by atoms with E-state index in [0.29, 0.717) is 6.42 Å². The fourth-order valence-electron chi connectivity index (χ4n) is 1.66. The second kappa shape index (κ2) is 3.94. The number of nitrogens with two attached hydrogens (primary N) is 2. The van der Waals surface area contributed by atoms with Crippen molar-refractivity contribution in [3.05, 3.63) is 30.1 Å². The molecule has 1 atom stereocenters. The summed E-state index contributed by atoms with van der Waals surface area (Å²) >= 11 is 0. The van der Waals surface area contributed by atoms with E-state index in [2.05, 4.69) is 4.98 Å². The number of imidazole rings is 1. The lowest BCUT2D eigenvalue weighted by atomic mass is 10.1. The topological polar surface area (TPSA) is 86.9 Å². The summed E-state index contributed by atoms with van der Waals surface area (Å²) in [4.78, 5) is 15.1. The van der Waals surface area contributed by atoms with E-state index in [0.717, 1.165) is 16.6 Å². The van der Waals surface area contributed by atoms with E-state index in [9.17, 15) is 4.79 Å². The predicted molar refractivity (Wildman–Crippen MR) is 61.6 cm³/mol. The Bertz CT molecular complexity index is 532. The van der Waals surface area contributed by atoms with Gasteiger partial charge in [-0.25, -0.2) is 4.98 Å². The molecule has 4 N–H and O–H groups in total. The van der Waals surface area contributed by atoms with Crippen molar-refractivity contribution in [2.75, 3.05) is 0 Å². The first-order valence-corrected chi connectivity index (χ1v) is 5.03. The first kappa shape index (κ1) is 10.6. The highest BCUT2D eigenvalue weighted by atomic mass is 16.1. The minimum atomic E-state index is -0.638. The number of amides is 1.